The van der Waals surface area contributed by atoms with Crippen LogP contribution in [0.5, 0.6) is 28.7 Å². The van der Waals surface area contributed by atoms with Gasteiger partial charge in [-0.05, 0) is 56.3 Å². The minimum Gasteiger partial charge on any atom is -0.497 e. The number of hydrogen-bond donors (Lipinski definition) is 0. The van der Waals surface area contributed by atoms with E-state index in [-0.39, 0.29) is 17.3 Å². The lowest BCUT2D eigenvalue weighted by Gasteiger charge is -2.14. The molecule has 0 amide bonds. The first kappa shape index (κ1) is 22.9. The first-order chi connectivity index (χ1) is 16.5. The molecule has 0 atom stereocenters. The summed E-state index contributed by atoms with van der Waals surface area (Å²) in [6, 6.07) is 16.9. The van der Waals surface area contributed by atoms with Crippen LogP contribution in [0.4, 0.5) is 0 Å². The Labute approximate surface area is 197 Å². The third kappa shape index (κ3) is 4.73. The van der Waals surface area contributed by atoms with Gasteiger partial charge in [0.05, 0.1) is 31.5 Å². The molecule has 174 valence electrons. The van der Waals surface area contributed by atoms with Crippen LogP contribution in [0, 0.1) is 0 Å². The van der Waals surface area contributed by atoms with Crippen molar-refractivity contribution < 1.29 is 33.3 Å². The van der Waals surface area contributed by atoms with E-state index in [1.807, 2.05) is 13.8 Å². The zero-order chi connectivity index (χ0) is 24.1. The van der Waals surface area contributed by atoms with Crippen molar-refractivity contribution in [3.63, 3.8) is 0 Å². The van der Waals surface area contributed by atoms with Crippen molar-refractivity contribution in [3.8, 4) is 28.7 Å². The predicted octanol–water partition coefficient (Wildman–Crippen LogP) is 5.33. The van der Waals surface area contributed by atoms with E-state index >= 15 is 0 Å². The summed E-state index contributed by atoms with van der Waals surface area (Å²) in [5, 5.41) is 0. The van der Waals surface area contributed by atoms with E-state index in [0.29, 0.717) is 52.9 Å². The Morgan fingerprint density at radius 3 is 2.50 bits per heavy atom. The van der Waals surface area contributed by atoms with E-state index in [2.05, 4.69) is 0 Å². The summed E-state index contributed by atoms with van der Waals surface area (Å²) in [6.45, 7) is 4.58. The normalized spacial score (nSPS) is 13.3. The first-order valence-corrected chi connectivity index (χ1v) is 10.9. The summed E-state index contributed by atoms with van der Waals surface area (Å²) in [4.78, 5) is 25.8. The van der Waals surface area contributed by atoms with Crippen LogP contribution >= 0.6 is 0 Å². The summed E-state index contributed by atoms with van der Waals surface area (Å²) in [6.07, 6.45) is 1.54. The van der Waals surface area contributed by atoms with E-state index in [9.17, 15) is 9.59 Å². The summed E-state index contributed by atoms with van der Waals surface area (Å²) >= 11 is 0. The Bertz CT molecular complexity index is 1260. The molecule has 0 bridgehead atoms. The average Bonchev–Trinajstić information content (AvgIpc) is 3.15. The number of carbonyl (C=O) groups excluding carboxylic acids is 2. The fraction of sp³-hybridized carbons (Fsp3) is 0.185. The second kappa shape index (κ2) is 10.1. The van der Waals surface area contributed by atoms with E-state index in [0.717, 1.165) is 0 Å². The Kier molecular flexibility index (Phi) is 6.82. The van der Waals surface area contributed by atoms with Crippen molar-refractivity contribution in [2.75, 3.05) is 20.3 Å². The molecule has 4 rings (SSSR count). The van der Waals surface area contributed by atoms with Gasteiger partial charge in [0.15, 0.2) is 17.3 Å². The molecule has 0 aliphatic carbocycles. The molecule has 0 saturated heterocycles. The van der Waals surface area contributed by atoms with Gasteiger partial charge in [0.2, 0.25) is 5.78 Å². The fourth-order valence-electron chi connectivity index (χ4n) is 3.49. The van der Waals surface area contributed by atoms with Gasteiger partial charge in [-0.3, -0.25) is 4.79 Å². The van der Waals surface area contributed by atoms with Crippen LogP contribution in [0.15, 0.2) is 66.4 Å². The van der Waals surface area contributed by atoms with Crippen LogP contribution in [0.25, 0.3) is 6.08 Å². The lowest BCUT2D eigenvalue weighted by molar-refractivity contribution is 0.0727. The number of esters is 1. The number of para-hydroxylation sites is 1. The largest absolute Gasteiger partial charge is 0.497 e. The van der Waals surface area contributed by atoms with E-state index in [1.54, 1.807) is 66.7 Å². The molecule has 3 aromatic carbocycles. The van der Waals surface area contributed by atoms with Crippen LogP contribution < -0.4 is 23.7 Å². The minimum atomic E-state index is -0.589. The van der Waals surface area contributed by atoms with Gasteiger partial charge in [0, 0.05) is 11.6 Å². The number of methoxy groups -OCH3 is 1. The molecule has 7 heteroatoms. The highest BCUT2D eigenvalue weighted by Crippen LogP contribution is 2.38. The molecule has 0 spiro atoms. The Morgan fingerprint density at radius 2 is 1.74 bits per heavy atom. The molecule has 1 aliphatic heterocycles. The number of ether oxygens (including phenoxy) is 5. The number of carbonyl (C=O) groups is 2. The van der Waals surface area contributed by atoms with Gasteiger partial charge in [-0.25, -0.2) is 4.79 Å². The Balaban J connectivity index is 1.68. The minimum absolute atomic E-state index is 0.107. The molecule has 0 fully saturated rings. The third-order valence-corrected chi connectivity index (χ3v) is 5.05. The van der Waals surface area contributed by atoms with E-state index in [4.69, 9.17) is 23.7 Å². The molecule has 3 aromatic rings. The van der Waals surface area contributed by atoms with Crippen molar-refractivity contribution in [1.29, 1.82) is 0 Å². The van der Waals surface area contributed by atoms with Crippen molar-refractivity contribution in [3.05, 3.63) is 83.1 Å². The zero-order valence-electron chi connectivity index (χ0n) is 19.1. The summed E-state index contributed by atoms with van der Waals surface area (Å²) in [5.41, 5.74) is 1.21. The molecule has 0 aromatic heterocycles. The van der Waals surface area contributed by atoms with Crippen LogP contribution in [0.3, 0.4) is 0 Å². The zero-order valence-corrected chi connectivity index (χ0v) is 19.1. The van der Waals surface area contributed by atoms with Gasteiger partial charge in [-0.2, -0.15) is 0 Å². The number of hydrogen-bond acceptors (Lipinski definition) is 7. The summed E-state index contributed by atoms with van der Waals surface area (Å²) in [5.74, 6) is 1.36. The van der Waals surface area contributed by atoms with Gasteiger partial charge in [-0.15, -0.1) is 0 Å². The number of allylic oxidation sites excluding steroid dienone is 1. The molecular weight excluding hydrogens is 436 g/mol. The van der Waals surface area contributed by atoms with E-state index < -0.39 is 5.97 Å². The van der Waals surface area contributed by atoms with Gasteiger partial charge in [-0.1, -0.05) is 18.2 Å². The van der Waals surface area contributed by atoms with Gasteiger partial charge < -0.3 is 23.7 Å². The van der Waals surface area contributed by atoms with Gasteiger partial charge in [0.25, 0.3) is 0 Å². The first-order valence-electron chi connectivity index (χ1n) is 10.9. The SMILES string of the molecule is CCOc1ccc2c(c1)O/C(=C\c1cccc(OCC)c1OC(=O)c1cccc(OC)c1)C2=O. The highest BCUT2D eigenvalue weighted by atomic mass is 16.6. The number of benzene rings is 3. The topological polar surface area (TPSA) is 80.3 Å². The molecular formula is C27H24O7. The van der Waals surface area contributed by atoms with Crippen molar-refractivity contribution >= 4 is 17.8 Å². The number of rotatable bonds is 8. The lowest BCUT2D eigenvalue weighted by atomic mass is 10.1. The molecule has 0 saturated carbocycles. The van der Waals surface area contributed by atoms with Gasteiger partial charge in [0.1, 0.15) is 17.2 Å². The molecule has 0 radical (unpaired) electrons. The molecule has 1 heterocycles. The van der Waals surface area contributed by atoms with Crippen LogP contribution in [-0.2, 0) is 0 Å². The number of fused-ring (bicyclic) bond motifs is 1. The van der Waals surface area contributed by atoms with Crippen LogP contribution in [-0.4, -0.2) is 32.1 Å². The number of ketones is 1. The van der Waals surface area contributed by atoms with Crippen molar-refractivity contribution in [2.45, 2.75) is 13.8 Å². The van der Waals surface area contributed by atoms with Crippen molar-refractivity contribution in [2.24, 2.45) is 0 Å². The second-order valence-electron chi connectivity index (χ2n) is 7.26. The molecule has 1 aliphatic rings. The maximum atomic E-state index is 12.9. The predicted molar refractivity (Wildman–Crippen MR) is 126 cm³/mol. The molecule has 7 nitrogen and oxygen atoms in total. The van der Waals surface area contributed by atoms with E-state index in [1.165, 1.54) is 7.11 Å². The maximum Gasteiger partial charge on any atom is 0.343 e. The van der Waals surface area contributed by atoms with Gasteiger partial charge >= 0.3 is 5.97 Å². The quantitative estimate of drug-likeness (QED) is 0.255. The highest BCUT2D eigenvalue weighted by Gasteiger charge is 2.28. The maximum absolute atomic E-state index is 12.9. The molecule has 0 unspecified atom stereocenters. The summed E-state index contributed by atoms with van der Waals surface area (Å²) in [7, 11) is 1.52. The van der Waals surface area contributed by atoms with Crippen LogP contribution in [0.2, 0.25) is 0 Å². The van der Waals surface area contributed by atoms with Crippen molar-refractivity contribution in [1.82, 2.24) is 0 Å². The molecule has 0 N–H and O–H groups in total. The Morgan fingerprint density at radius 1 is 0.941 bits per heavy atom. The van der Waals surface area contributed by atoms with Crippen LogP contribution in [0.1, 0.15) is 40.1 Å². The molecule has 34 heavy (non-hydrogen) atoms. The average molecular weight is 460 g/mol. The highest BCUT2D eigenvalue weighted by molar-refractivity contribution is 6.14. The second-order valence-corrected chi connectivity index (χ2v) is 7.26. The monoisotopic (exact) mass is 460 g/mol. The lowest BCUT2D eigenvalue weighted by Crippen LogP contribution is -2.11. The fourth-order valence-corrected chi connectivity index (χ4v) is 3.49. The smallest absolute Gasteiger partial charge is 0.343 e. The third-order valence-electron chi connectivity index (χ3n) is 5.05. The Hall–Kier alpha value is -4.26. The standard InChI is InChI=1S/C27H24O7/c1-4-31-20-12-13-21-23(16-20)33-24(25(21)28)15-17-8-7-11-22(32-5-2)26(17)34-27(29)18-9-6-10-19(14-18)30-3/h6-16H,4-5H2,1-3H3/b24-15-. The number of Topliss-reactive ketones (excluding diaryl/α,β-unsaturated/α-hetero) is 1. The summed E-state index contributed by atoms with van der Waals surface area (Å²) < 4.78 is 27.9.